The summed E-state index contributed by atoms with van der Waals surface area (Å²) in [5.41, 5.74) is 4.90. The van der Waals surface area contributed by atoms with Crippen LogP contribution in [0.3, 0.4) is 0 Å². The minimum absolute atomic E-state index is 0.318. The molecule has 136 valence electrons. The van der Waals surface area contributed by atoms with E-state index in [0.29, 0.717) is 4.90 Å². The van der Waals surface area contributed by atoms with Crippen molar-refractivity contribution < 1.29 is 12.8 Å². The topological polar surface area (TPSA) is 52.2 Å². The molecule has 0 N–H and O–H groups in total. The van der Waals surface area contributed by atoms with Crippen molar-refractivity contribution in [1.29, 1.82) is 0 Å². The monoisotopic (exact) mass is 377 g/mol. The molecule has 0 saturated carbocycles. The molecule has 2 heterocycles. The highest BCUT2D eigenvalue weighted by atomic mass is 32.2. The van der Waals surface area contributed by atoms with Gasteiger partial charge in [-0.05, 0) is 73.2 Å². The van der Waals surface area contributed by atoms with Crippen LogP contribution in [0.2, 0.25) is 0 Å². The van der Waals surface area contributed by atoms with Crippen molar-refractivity contribution in [1.82, 2.24) is 4.57 Å². The average molecular weight is 377 g/mol. The Bertz CT molecular complexity index is 1180. The predicted molar refractivity (Wildman–Crippen MR) is 107 cm³/mol. The van der Waals surface area contributed by atoms with Crippen molar-refractivity contribution in [3.05, 3.63) is 84.8 Å². The van der Waals surface area contributed by atoms with E-state index in [9.17, 15) is 8.42 Å². The molecule has 2 aromatic carbocycles. The van der Waals surface area contributed by atoms with E-state index in [1.54, 1.807) is 24.5 Å². The number of rotatable bonds is 4. The lowest BCUT2D eigenvalue weighted by molar-refractivity contribution is 0.582. The van der Waals surface area contributed by atoms with Crippen molar-refractivity contribution in [3.8, 4) is 28.3 Å². The summed E-state index contributed by atoms with van der Waals surface area (Å²) in [7, 11) is -3.25. The summed E-state index contributed by atoms with van der Waals surface area (Å²) in [4.78, 5) is 0.318. The lowest BCUT2D eigenvalue weighted by Crippen LogP contribution is -2.01. The number of aromatic nitrogens is 1. The summed E-state index contributed by atoms with van der Waals surface area (Å²) in [5, 5.41) is 0. The van der Waals surface area contributed by atoms with E-state index >= 15 is 0 Å². The van der Waals surface area contributed by atoms with Gasteiger partial charge in [0.05, 0.1) is 16.9 Å². The molecule has 0 atom stereocenters. The maximum atomic E-state index is 11.9. The van der Waals surface area contributed by atoms with Gasteiger partial charge in [-0.25, -0.2) is 8.42 Å². The highest BCUT2D eigenvalue weighted by Crippen LogP contribution is 2.29. The first kappa shape index (κ1) is 17.4. The number of hydrogen-bond acceptors (Lipinski definition) is 3. The third kappa shape index (κ3) is 3.34. The Morgan fingerprint density at radius 3 is 2.30 bits per heavy atom. The molecule has 0 saturated heterocycles. The first-order valence-corrected chi connectivity index (χ1v) is 10.5. The van der Waals surface area contributed by atoms with Crippen molar-refractivity contribution in [2.24, 2.45) is 0 Å². The van der Waals surface area contributed by atoms with Crippen molar-refractivity contribution in [2.45, 2.75) is 11.8 Å². The van der Waals surface area contributed by atoms with E-state index in [0.717, 1.165) is 34.0 Å². The molecule has 4 aromatic rings. The molecule has 0 aliphatic rings. The molecule has 0 radical (unpaired) electrons. The van der Waals surface area contributed by atoms with Crippen LogP contribution in [0.4, 0.5) is 0 Å². The summed E-state index contributed by atoms with van der Waals surface area (Å²) >= 11 is 0. The molecule has 0 unspecified atom stereocenters. The zero-order chi connectivity index (χ0) is 19.0. The van der Waals surface area contributed by atoms with Crippen LogP contribution < -0.4 is 0 Å². The zero-order valence-corrected chi connectivity index (χ0v) is 15.9. The van der Waals surface area contributed by atoms with Gasteiger partial charge in [0.1, 0.15) is 5.76 Å². The van der Waals surface area contributed by atoms with Crippen molar-refractivity contribution in [2.75, 3.05) is 6.26 Å². The van der Waals surface area contributed by atoms with Crippen LogP contribution >= 0.6 is 0 Å². The van der Waals surface area contributed by atoms with Crippen molar-refractivity contribution in [3.63, 3.8) is 0 Å². The van der Waals surface area contributed by atoms with E-state index in [-0.39, 0.29) is 0 Å². The fourth-order valence-corrected chi connectivity index (χ4v) is 3.88. The maximum Gasteiger partial charge on any atom is 0.175 e. The van der Waals surface area contributed by atoms with Crippen LogP contribution in [0.25, 0.3) is 28.3 Å². The Balaban J connectivity index is 1.79. The van der Waals surface area contributed by atoms with E-state index in [2.05, 4.69) is 4.57 Å². The summed E-state index contributed by atoms with van der Waals surface area (Å²) < 4.78 is 31.4. The highest BCUT2D eigenvalue weighted by Gasteiger charge is 2.13. The fraction of sp³-hybridized carbons (Fsp3) is 0.0909. The minimum Gasteiger partial charge on any atom is -0.464 e. The van der Waals surface area contributed by atoms with Gasteiger partial charge in [-0.1, -0.05) is 12.1 Å². The van der Waals surface area contributed by atoms with Gasteiger partial charge < -0.3 is 8.98 Å². The molecule has 0 aliphatic heterocycles. The van der Waals surface area contributed by atoms with Gasteiger partial charge in [-0.3, -0.25) is 0 Å². The van der Waals surface area contributed by atoms with Crippen LogP contribution in [0.15, 0.2) is 88.4 Å². The Kier molecular flexibility index (Phi) is 4.24. The molecule has 0 amide bonds. The van der Waals surface area contributed by atoms with Gasteiger partial charge in [-0.15, -0.1) is 0 Å². The van der Waals surface area contributed by atoms with Crippen LogP contribution in [-0.4, -0.2) is 19.2 Å². The van der Waals surface area contributed by atoms with E-state index in [1.807, 2.05) is 61.5 Å². The van der Waals surface area contributed by atoms with Gasteiger partial charge in [0, 0.05) is 23.2 Å². The average Bonchev–Trinajstić information content (AvgIpc) is 3.31. The third-order valence-electron chi connectivity index (χ3n) is 4.57. The van der Waals surface area contributed by atoms with Crippen LogP contribution in [-0.2, 0) is 9.84 Å². The van der Waals surface area contributed by atoms with Crippen LogP contribution in [0.5, 0.6) is 0 Å². The molecule has 0 bridgehead atoms. The molecule has 0 spiro atoms. The largest absolute Gasteiger partial charge is 0.464 e. The molecule has 0 aliphatic carbocycles. The standard InChI is InChI=1S/C22H19NO3S/c1-16-8-13-21(18-5-3-6-20(15-18)27(2,24)25)23(16)19-11-9-17(10-12-19)22-7-4-14-26-22/h3-15H,1-2H3. The molecule has 0 fully saturated rings. The molecule has 4 nitrogen and oxygen atoms in total. The number of sulfone groups is 1. The van der Waals surface area contributed by atoms with E-state index < -0.39 is 9.84 Å². The van der Waals surface area contributed by atoms with Gasteiger partial charge in [0.15, 0.2) is 9.84 Å². The first-order valence-electron chi connectivity index (χ1n) is 8.57. The fourth-order valence-electron chi connectivity index (χ4n) is 3.21. The van der Waals surface area contributed by atoms with E-state index in [1.165, 1.54) is 6.26 Å². The molecule has 27 heavy (non-hydrogen) atoms. The normalized spacial score (nSPS) is 11.6. The second kappa shape index (κ2) is 6.59. The SMILES string of the molecule is Cc1ccc(-c2cccc(S(C)(=O)=O)c2)n1-c1ccc(-c2ccco2)cc1. The van der Waals surface area contributed by atoms with Gasteiger partial charge in [0.25, 0.3) is 0 Å². The Morgan fingerprint density at radius 1 is 0.852 bits per heavy atom. The molecule has 4 rings (SSSR count). The maximum absolute atomic E-state index is 11.9. The van der Waals surface area contributed by atoms with Crippen molar-refractivity contribution >= 4 is 9.84 Å². The lowest BCUT2D eigenvalue weighted by Gasteiger charge is -2.13. The number of hydrogen-bond donors (Lipinski definition) is 0. The summed E-state index contributed by atoms with van der Waals surface area (Å²) in [6.45, 7) is 2.03. The Labute approximate surface area is 158 Å². The quantitative estimate of drug-likeness (QED) is 0.496. The van der Waals surface area contributed by atoms with Crippen LogP contribution in [0.1, 0.15) is 5.69 Å². The second-order valence-corrected chi connectivity index (χ2v) is 8.54. The number of aryl methyl sites for hydroxylation is 1. The summed E-state index contributed by atoms with van der Waals surface area (Å²) in [6.07, 6.45) is 2.88. The van der Waals surface area contributed by atoms with Gasteiger partial charge in [0.2, 0.25) is 0 Å². The molecule has 2 aromatic heterocycles. The smallest absolute Gasteiger partial charge is 0.175 e. The minimum atomic E-state index is -3.25. The molecule has 5 heteroatoms. The Hall–Kier alpha value is -3.05. The molecular weight excluding hydrogens is 358 g/mol. The number of furan rings is 1. The number of benzene rings is 2. The third-order valence-corrected chi connectivity index (χ3v) is 5.68. The lowest BCUT2D eigenvalue weighted by atomic mass is 10.1. The summed E-state index contributed by atoms with van der Waals surface area (Å²) in [6, 6.07) is 23.0. The van der Waals surface area contributed by atoms with Gasteiger partial charge in [-0.2, -0.15) is 0 Å². The first-order chi connectivity index (χ1) is 12.9. The highest BCUT2D eigenvalue weighted by molar-refractivity contribution is 7.90. The zero-order valence-electron chi connectivity index (χ0n) is 15.1. The predicted octanol–water partition coefficient (Wildman–Crippen LogP) is 5.12. The van der Waals surface area contributed by atoms with Gasteiger partial charge >= 0.3 is 0 Å². The number of nitrogens with zero attached hydrogens (tertiary/aromatic N) is 1. The summed E-state index contributed by atoms with van der Waals surface area (Å²) in [5.74, 6) is 0.826. The van der Waals surface area contributed by atoms with E-state index in [4.69, 9.17) is 4.42 Å². The van der Waals surface area contributed by atoms with Crippen LogP contribution in [0, 0.1) is 6.92 Å². The molecular formula is C22H19NO3S. The Morgan fingerprint density at radius 2 is 1.63 bits per heavy atom. The second-order valence-electron chi connectivity index (χ2n) is 6.52.